The van der Waals surface area contributed by atoms with Crippen molar-refractivity contribution in [1.82, 2.24) is 0 Å². The monoisotopic (exact) mass is 234 g/mol. The van der Waals surface area contributed by atoms with E-state index in [9.17, 15) is 0 Å². The smallest absolute Gasteiger partial charge is 0.0872 e. The molecule has 1 aromatic carbocycles. The second-order valence-corrected chi connectivity index (χ2v) is 4.61. The molecule has 0 aromatic heterocycles. The lowest BCUT2D eigenvalue weighted by Crippen LogP contribution is -2.46. The van der Waals surface area contributed by atoms with Crippen LogP contribution in [-0.2, 0) is 11.2 Å². The van der Waals surface area contributed by atoms with Crippen LogP contribution in [0.25, 0.3) is 0 Å². The van der Waals surface area contributed by atoms with Gasteiger partial charge in [-0.3, -0.25) is 0 Å². The molecule has 1 saturated heterocycles. The highest BCUT2D eigenvalue weighted by Gasteiger charge is 2.21. The van der Waals surface area contributed by atoms with Crippen LogP contribution in [0.4, 0.5) is 5.69 Å². The predicted octanol–water partition coefficient (Wildman–Crippen LogP) is 1.72. The molecule has 1 unspecified atom stereocenters. The van der Waals surface area contributed by atoms with Crippen molar-refractivity contribution in [2.75, 3.05) is 31.1 Å². The van der Waals surface area contributed by atoms with E-state index < -0.39 is 0 Å². The summed E-state index contributed by atoms with van der Waals surface area (Å²) in [4.78, 5) is 2.43. The van der Waals surface area contributed by atoms with Crippen LogP contribution in [0.2, 0.25) is 0 Å². The molecular formula is C14H22N2O. The summed E-state index contributed by atoms with van der Waals surface area (Å²) in [6, 6.07) is 6.54. The molecule has 1 aliphatic heterocycles. The maximum Gasteiger partial charge on any atom is 0.0872 e. The fraction of sp³-hybridized carbons (Fsp3) is 0.571. The third-order valence-corrected chi connectivity index (χ3v) is 3.42. The van der Waals surface area contributed by atoms with Gasteiger partial charge in [-0.05, 0) is 24.5 Å². The third kappa shape index (κ3) is 2.61. The fourth-order valence-corrected chi connectivity index (χ4v) is 2.52. The van der Waals surface area contributed by atoms with Crippen LogP contribution in [0.1, 0.15) is 18.1 Å². The molecule has 1 aliphatic rings. The first-order valence-electron chi connectivity index (χ1n) is 6.41. The SMILES string of the molecule is CCc1cccc(C)c1N1CCOC(CN)C1. The van der Waals surface area contributed by atoms with Gasteiger partial charge in [0.2, 0.25) is 0 Å². The van der Waals surface area contributed by atoms with Crippen molar-refractivity contribution in [3.63, 3.8) is 0 Å². The molecule has 0 spiro atoms. The van der Waals surface area contributed by atoms with Crippen molar-refractivity contribution in [3.8, 4) is 0 Å². The minimum absolute atomic E-state index is 0.174. The molecule has 0 saturated carbocycles. The number of nitrogens with two attached hydrogens (primary N) is 1. The highest BCUT2D eigenvalue weighted by molar-refractivity contribution is 5.59. The lowest BCUT2D eigenvalue weighted by molar-refractivity contribution is 0.0465. The summed E-state index contributed by atoms with van der Waals surface area (Å²) in [5, 5.41) is 0. The number of anilines is 1. The van der Waals surface area contributed by atoms with Crippen molar-refractivity contribution >= 4 is 5.69 Å². The highest BCUT2D eigenvalue weighted by Crippen LogP contribution is 2.27. The average Bonchev–Trinajstić information content (AvgIpc) is 2.38. The zero-order chi connectivity index (χ0) is 12.3. The van der Waals surface area contributed by atoms with Gasteiger partial charge in [-0.1, -0.05) is 25.1 Å². The van der Waals surface area contributed by atoms with Gasteiger partial charge < -0.3 is 15.4 Å². The summed E-state index contributed by atoms with van der Waals surface area (Å²) in [6.45, 7) is 7.65. The van der Waals surface area contributed by atoms with Gasteiger partial charge in [0.05, 0.1) is 12.7 Å². The molecule has 1 heterocycles. The van der Waals surface area contributed by atoms with E-state index in [1.54, 1.807) is 0 Å². The van der Waals surface area contributed by atoms with E-state index in [0.29, 0.717) is 6.54 Å². The first-order valence-corrected chi connectivity index (χ1v) is 6.41. The van der Waals surface area contributed by atoms with Crippen molar-refractivity contribution in [3.05, 3.63) is 29.3 Å². The van der Waals surface area contributed by atoms with E-state index in [1.165, 1.54) is 16.8 Å². The fourth-order valence-electron chi connectivity index (χ4n) is 2.52. The van der Waals surface area contributed by atoms with E-state index in [-0.39, 0.29) is 6.10 Å². The van der Waals surface area contributed by atoms with Crippen LogP contribution in [0.15, 0.2) is 18.2 Å². The predicted molar refractivity (Wildman–Crippen MR) is 71.6 cm³/mol. The number of para-hydroxylation sites is 1. The lowest BCUT2D eigenvalue weighted by atomic mass is 10.0. The van der Waals surface area contributed by atoms with E-state index in [2.05, 4.69) is 36.9 Å². The molecule has 0 amide bonds. The van der Waals surface area contributed by atoms with Gasteiger partial charge in [0, 0.05) is 25.3 Å². The first-order chi connectivity index (χ1) is 8.26. The Kier molecular flexibility index (Phi) is 4.02. The van der Waals surface area contributed by atoms with E-state index in [0.717, 1.165) is 26.1 Å². The summed E-state index contributed by atoms with van der Waals surface area (Å²) in [7, 11) is 0. The van der Waals surface area contributed by atoms with Crippen LogP contribution >= 0.6 is 0 Å². The Hall–Kier alpha value is -1.06. The minimum atomic E-state index is 0.174. The average molecular weight is 234 g/mol. The molecule has 1 aromatic rings. The van der Waals surface area contributed by atoms with Crippen LogP contribution < -0.4 is 10.6 Å². The Bertz CT molecular complexity index is 378. The summed E-state index contributed by atoms with van der Waals surface area (Å²) in [5.41, 5.74) is 9.85. The largest absolute Gasteiger partial charge is 0.373 e. The second-order valence-electron chi connectivity index (χ2n) is 4.61. The van der Waals surface area contributed by atoms with Crippen LogP contribution in [0.3, 0.4) is 0 Å². The Morgan fingerprint density at radius 1 is 1.47 bits per heavy atom. The van der Waals surface area contributed by atoms with Gasteiger partial charge >= 0.3 is 0 Å². The Balaban J connectivity index is 2.26. The second kappa shape index (κ2) is 5.52. The van der Waals surface area contributed by atoms with Crippen molar-refractivity contribution in [2.45, 2.75) is 26.4 Å². The standard InChI is InChI=1S/C14H22N2O/c1-3-12-6-4-5-11(2)14(12)16-7-8-17-13(9-15)10-16/h4-6,13H,3,7-10,15H2,1-2H3. The summed E-state index contributed by atoms with van der Waals surface area (Å²) in [6.07, 6.45) is 1.25. The molecule has 94 valence electrons. The quantitative estimate of drug-likeness (QED) is 0.865. The van der Waals surface area contributed by atoms with Crippen LogP contribution in [-0.4, -0.2) is 32.3 Å². The number of nitrogens with zero attached hydrogens (tertiary/aromatic N) is 1. The number of ether oxygens (including phenoxy) is 1. The Labute approximate surface area is 104 Å². The van der Waals surface area contributed by atoms with E-state index >= 15 is 0 Å². The Morgan fingerprint density at radius 2 is 2.29 bits per heavy atom. The molecule has 0 bridgehead atoms. The third-order valence-electron chi connectivity index (χ3n) is 3.42. The van der Waals surface area contributed by atoms with E-state index in [4.69, 9.17) is 10.5 Å². The van der Waals surface area contributed by atoms with Crippen molar-refractivity contribution < 1.29 is 4.74 Å². The highest BCUT2D eigenvalue weighted by atomic mass is 16.5. The van der Waals surface area contributed by atoms with E-state index in [1.807, 2.05) is 0 Å². The maximum absolute atomic E-state index is 5.70. The molecule has 2 rings (SSSR count). The number of hydrogen-bond donors (Lipinski definition) is 1. The van der Waals surface area contributed by atoms with Gasteiger partial charge in [0.25, 0.3) is 0 Å². The van der Waals surface area contributed by atoms with Crippen molar-refractivity contribution in [2.24, 2.45) is 5.73 Å². The summed E-state index contributed by atoms with van der Waals surface area (Å²) in [5.74, 6) is 0. The maximum atomic E-state index is 5.70. The number of hydrogen-bond acceptors (Lipinski definition) is 3. The molecule has 0 radical (unpaired) electrons. The molecule has 17 heavy (non-hydrogen) atoms. The summed E-state index contributed by atoms with van der Waals surface area (Å²) >= 11 is 0. The number of morpholine rings is 1. The topological polar surface area (TPSA) is 38.5 Å². The zero-order valence-corrected chi connectivity index (χ0v) is 10.8. The molecule has 0 aliphatic carbocycles. The molecule has 1 fully saturated rings. The molecule has 3 heteroatoms. The number of rotatable bonds is 3. The number of aryl methyl sites for hydroxylation is 2. The van der Waals surface area contributed by atoms with Crippen molar-refractivity contribution in [1.29, 1.82) is 0 Å². The summed E-state index contributed by atoms with van der Waals surface area (Å²) < 4.78 is 5.63. The van der Waals surface area contributed by atoms with Crippen LogP contribution in [0.5, 0.6) is 0 Å². The van der Waals surface area contributed by atoms with Gasteiger partial charge in [-0.15, -0.1) is 0 Å². The molecule has 3 nitrogen and oxygen atoms in total. The molecule has 2 N–H and O–H groups in total. The first kappa shape index (κ1) is 12.4. The van der Waals surface area contributed by atoms with Gasteiger partial charge in [0.15, 0.2) is 0 Å². The molecule has 1 atom stereocenters. The normalized spacial score (nSPS) is 20.6. The Morgan fingerprint density at radius 3 is 3.00 bits per heavy atom. The van der Waals surface area contributed by atoms with Gasteiger partial charge in [0.1, 0.15) is 0 Å². The lowest BCUT2D eigenvalue weighted by Gasteiger charge is -2.36. The molecular weight excluding hydrogens is 212 g/mol. The number of benzene rings is 1. The van der Waals surface area contributed by atoms with Gasteiger partial charge in [-0.2, -0.15) is 0 Å². The van der Waals surface area contributed by atoms with Gasteiger partial charge in [-0.25, -0.2) is 0 Å². The zero-order valence-electron chi connectivity index (χ0n) is 10.8. The van der Waals surface area contributed by atoms with Crippen LogP contribution in [0, 0.1) is 6.92 Å². The minimum Gasteiger partial charge on any atom is -0.373 e.